The first kappa shape index (κ1) is 16.7. The van der Waals surface area contributed by atoms with E-state index >= 15 is 0 Å². The van der Waals surface area contributed by atoms with E-state index in [0.29, 0.717) is 0 Å². The minimum atomic E-state index is 0.860. The second-order valence-electron chi connectivity index (χ2n) is 7.31. The molecule has 0 spiro atoms. The predicted molar refractivity (Wildman–Crippen MR) is 121 cm³/mol. The molecule has 3 aromatic heterocycles. The van der Waals surface area contributed by atoms with E-state index in [1.165, 1.54) is 5.39 Å². The zero-order chi connectivity index (χ0) is 19.9. The van der Waals surface area contributed by atoms with Gasteiger partial charge in [0.1, 0.15) is 0 Å². The monoisotopic (exact) mass is 384 g/mol. The molecule has 0 amide bonds. The first-order valence-electron chi connectivity index (χ1n) is 9.80. The van der Waals surface area contributed by atoms with Crippen molar-refractivity contribution in [3.8, 4) is 22.4 Å². The highest BCUT2D eigenvalue weighted by atomic mass is 14.8. The average Bonchev–Trinajstić information content (AvgIpc) is 2.82. The van der Waals surface area contributed by atoms with Gasteiger partial charge < -0.3 is 0 Å². The third kappa shape index (κ3) is 2.86. The lowest BCUT2D eigenvalue weighted by Gasteiger charge is -2.07. The van der Waals surface area contributed by atoms with Gasteiger partial charge in [-0.15, -0.1) is 0 Å². The van der Waals surface area contributed by atoms with Gasteiger partial charge in [0, 0.05) is 40.5 Å². The number of nitrogens with zero attached hydrogens (tertiary/aromatic N) is 4. The summed E-state index contributed by atoms with van der Waals surface area (Å²) in [6.07, 6.45) is 7.47. The molecule has 0 bridgehead atoms. The molecule has 6 aromatic rings. The van der Waals surface area contributed by atoms with Gasteiger partial charge in [0.05, 0.1) is 28.4 Å². The van der Waals surface area contributed by atoms with Crippen LogP contribution in [0, 0.1) is 0 Å². The highest BCUT2D eigenvalue weighted by Crippen LogP contribution is 2.28. The maximum Gasteiger partial charge on any atom is 0.0894 e. The van der Waals surface area contributed by atoms with Crippen molar-refractivity contribution in [1.82, 2.24) is 19.9 Å². The van der Waals surface area contributed by atoms with Crippen LogP contribution in [0.15, 0.2) is 97.6 Å². The highest BCUT2D eigenvalue weighted by Gasteiger charge is 2.07. The van der Waals surface area contributed by atoms with Crippen molar-refractivity contribution in [1.29, 1.82) is 0 Å². The van der Waals surface area contributed by atoms with Gasteiger partial charge in [-0.05, 0) is 53.4 Å². The minimum Gasteiger partial charge on any atom is -0.264 e. The molecule has 6 rings (SSSR count). The van der Waals surface area contributed by atoms with Crippen LogP contribution < -0.4 is 0 Å². The van der Waals surface area contributed by atoms with Crippen molar-refractivity contribution in [2.75, 3.05) is 0 Å². The Kier molecular flexibility index (Phi) is 3.74. The molecule has 0 N–H and O–H groups in total. The predicted octanol–water partition coefficient (Wildman–Crippen LogP) is 6.06. The molecule has 0 aliphatic heterocycles. The lowest BCUT2D eigenvalue weighted by Crippen LogP contribution is -1.89. The van der Waals surface area contributed by atoms with Crippen LogP contribution in [-0.4, -0.2) is 19.9 Å². The molecule has 140 valence electrons. The normalized spacial score (nSPS) is 11.3. The van der Waals surface area contributed by atoms with Crippen molar-refractivity contribution in [3.63, 3.8) is 0 Å². The van der Waals surface area contributed by atoms with Crippen molar-refractivity contribution in [3.05, 3.63) is 97.6 Å². The lowest BCUT2D eigenvalue weighted by molar-refractivity contribution is 1.29. The van der Waals surface area contributed by atoms with E-state index in [2.05, 4.69) is 51.4 Å². The number of aromatic nitrogens is 4. The van der Waals surface area contributed by atoms with Gasteiger partial charge in [-0.3, -0.25) is 15.0 Å². The van der Waals surface area contributed by atoms with Crippen molar-refractivity contribution in [2.24, 2.45) is 0 Å². The van der Waals surface area contributed by atoms with Crippen LogP contribution in [0.3, 0.4) is 0 Å². The van der Waals surface area contributed by atoms with Gasteiger partial charge in [-0.1, -0.05) is 30.3 Å². The number of para-hydroxylation sites is 2. The summed E-state index contributed by atoms with van der Waals surface area (Å²) in [5.74, 6) is 0. The largest absolute Gasteiger partial charge is 0.264 e. The molecule has 0 saturated carbocycles. The first-order chi connectivity index (χ1) is 14.8. The van der Waals surface area contributed by atoms with E-state index in [-0.39, 0.29) is 0 Å². The van der Waals surface area contributed by atoms with Gasteiger partial charge in [0.15, 0.2) is 0 Å². The smallest absolute Gasteiger partial charge is 0.0894 e. The molecule has 3 aromatic carbocycles. The number of pyridine rings is 2. The maximum atomic E-state index is 4.78. The Hall–Kier alpha value is -4.18. The second-order valence-corrected chi connectivity index (χ2v) is 7.31. The van der Waals surface area contributed by atoms with Crippen LogP contribution in [0.5, 0.6) is 0 Å². The Bertz CT molecular complexity index is 1440. The summed E-state index contributed by atoms with van der Waals surface area (Å²) >= 11 is 0. The summed E-state index contributed by atoms with van der Waals surface area (Å²) in [6, 6.07) is 24.8. The summed E-state index contributed by atoms with van der Waals surface area (Å²) < 4.78 is 0. The van der Waals surface area contributed by atoms with E-state index in [1.807, 2.05) is 61.2 Å². The zero-order valence-electron chi connectivity index (χ0n) is 16.0. The molecule has 4 heteroatoms. The molecule has 0 radical (unpaired) electrons. The van der Waals surface area contributed by atoms with Crippen LogP contribution >= 0.6 is 0 Å². The zero-order valence-corrected chi connectivity index (χ0v) is 16.0. The average molecular weight is 384 g/mol. The quantitative estimate of drug-likeness (QED) is 0.364. The van der Waals surface area contributed by atoms with Crippen LogP contribution in [0.1, 0.15) is 0 Å². The van der Waals surface area contributed by atoms with Crippen LogP contribution in [0.2, 0.25) is 0 Å². The molecule has 0 unspecified atom stereocenters. The Balaban J connectivity index is 1.46. The number of hydrogen-bond acceptors (Lipinski definition) is 4. The molecule has 0 aliphatic carbocycles. The molecule has 0 saturated heterocycles. The minimum absolute atomic E-state index is 0.860. The Morgan fingerprint density at radius 2 is 1.30 bits per heavy atom. The fourth-order valence-corrected chi connectivity index (χ4v) is 3.81. The topological polar surface area (TPSA) is 51.6 Å². The Morgan fingerprint density at radius 1 is 0.500 bits per heavy atom. The van der Waals surface area contributed by atoms with Gasteiger partial charge in [-0.25, -0.2) is 4.98 Å². The number of hydrogen-bond donors (Lipinski definition) is 0. The summed E-state index contributed by atoms with van der Waals surface area (Å²) in [7, 11) is 0. The van der Waals surface area contributed by atoms with Crippen LogP contribution in [0.25, 0.3) is 55.1 Å². The molecular formula is C26H16N4. The third-order valence-corrected chi connectivity index (χ3v) is 5.40. The second kappa shape index (κ2) is 6.71. The van der Waals surface area contributed by atoms with Crippen molar-refractivity contribution < 1.29 is 0 Å². The SMILES string of the molecule is c1ccc2nc(-c3ccc4ncc(-c5ccc6cnccc6c5)cc4c3)cnc2c1. The third-order valence-electron chi connectivity index (χ3n) is 5.40. The van der Waals surface area contributed by atoms with E-state index in [4.69, 9.17) is 4.98 Å². The molecule has 30 heavy (non-hydrogen) atoms. The highest BCUT2D eigenvalue weighted by molar-refractivity contribution is 5.91. The van der Waals surface area contributed by atoms with Gasteiger partial charge >= 0.3 is 0 Å². The standard InChI is InChI=1S/C26H16N4/c1-2-4-25-24(3-1)29-16-26(30-25)19-7-8-23-21(12-19)13-22(15-28-23)17-5-6-20-14-27-10-9-18(20)11-17/h1-16H. The Labute approximate surface area is 172 Å². The summed E-state index contributed by atoms with van der Waals surface area (Å²) in [6.45, 7) is 0. The first-order valence-corrected chi connectivity index (χ1v) is 9.80. The van der Waals surface area contributed by atoms with E-state index in [9.17, 15) is 0 Å². The van der Waals surface area contributed by atoms with Crippen molar-refractivity contribution in [2.45, 2.75) is 0 Å². The molecule has 0 atom stereocenters. The molecule has 0 fully saturated rings. The molecule has 0 aliphatic rings. The number of benzene rings is 3. The van der Waals surface area contributed by atoms with Crippen LogP contribution in [0.4, 0.5) is 0 Å². The van der Waals surface area contributed by atoms with E-state index in [1.54, 1.807) is 0 Å². The lowest BCUT2D eigenvalue weighted by atomic mass is 10.0. The van der Waals surface area contributed by atoms with E-state index < -0.39 is 0 Å². The van der Waals surface area contributed by atoms with Gasteiger partial charge in [0.2, 0.25) is 0 Å². The van der Waals surface area contributed by atoms with Gasteiger partial charge in [0.25, 0.3) is 0 Å². The fraction of sp³-hybridized carbons (Fsp3) is 0. The fourth-order valence-electron chi connectivity index (χ4n) is 3.81. The van der Waals surface area contributed by atoms with Crippen LogP contribution in [-0.2, 0) is 0 Å². The van der Waals surface area contributed by atoms with E-state index in [0.717, 1.165) is 49.7 Å². The molecule has 4 nitrogen and oxygen atoms in total. The molecule has 3 heterocycles. The summed E-state index contributed by atoms with van der Waals surface area (Å²) in [4.78, 5) is 18.2. The summed E-state index contributed by atoms with van der Waals surface area (Å²) in [5, 5.41) is 3.38. The molecular weight excluding hydrogens is 368 g/mol. The maximum absolute atomic E-state index is 4.78. The number of rotatable bonds is 2. The van der Waals surface area contributed by atoms with Crippen molar-refractivity contribution >= 4 is 32.7 Å². The van der Waals surface area contributed by atoms with Gasteiger partial charge in [-0.2, -0.15) is 0 Å². The Morgan fingerprint density at radius 3 is 2.27 bits per heavy atom. The number of fused-ring (bicyclic) bond motifs is 3. The summed E-state index contributed by atoms with van der Waals surface area (Å²) in [5.41, 5.74) is 6.87.